The summed E-state index contributed by atoms with van der Waals surface area (Å²) in [7, 11) is 0. The maximum absolute atomic E-state index is 12.9. The fraction of sp³-hybridized carbons (Fsp3) is 0.167. The second-order valence-corrected chi connectivity index (χ2v) is 4.49. The summed E-state index contributed by atoms with van der Waals surface area (Å²) in [5.74, 6) is -0.868. The van der Waals surface area contributed by atoms with Gasteiger partial charge in [-0.3, -0.25) is 0 Å². The van der Waals surface area contributed by atoms with Gasteiger partial charge in [0, 0.05) is 5.39 Å². The number of rotatable bonds is 1. The molecule has 0 N–H and O–H groups in total. The summed E-state index contributed by atoms with van der Waals surface area (Å²) >= 11 is 5.68. The lowest BCUT2D eigenvalue weighted by molar-refractivity contribution is -0.136. The van der Waals surface area contributed by atoms with Crippen LogP contribution in [0.25, 0.3) is 22.1 Å². The summed E-state index contributed by atoms with van der Waals surface area (Å²) in [6.45, 7) is 0. The lowest BCUT2D eigenvalue weighted by Crippen LogP contribution is -2.04. The van der Waals surface area contributed by atoms with Crippen LogP contribution in [-0.4, -0.2) is 9.97 Å². The molecule has 3 rings (SSSR count). The minimum atomic E-state index is -4.65. The molecule has 3 nitrogen and oxygen atoms in total. The molecule has 0 atom stereocenters. The zero-order chi connectivity index (χ0) is 15.4. The highest BCUT2D eigenvalue weighted by Gasteiger charge is 2.35. The number of furan rings is 1. The number of benzene rings is 1. The van der Waals surface area contributed by atoms with E-state index >= 15 is 0 Å². The number of aromatic nitrogens is 2. The van der Waals surface area contributed by atoms with Gasteiger partial charge in [0.1, 0.15) is 11.1 Å². The van der Waals surface area contributed by atoms with Crippen molar-refractivity contribution in [1.82, 2.24) is 9.97 Å². The third-order valence-corrected chi connectivity index (χ3v) is 3.07. The topological polar surface area (TPSA) is 38.9 Å². The number of hydrogen-bond donors (Lipinski definition) is 0. The zero-order valence-electron chi connectivity index (χ0n) is 9.88. The molecule has 0 aliphatic rings. The number of hydrogen-bond acceptors (Lipinski definition) is 3. The minimum absolute atomic E-state index is 0.0500. The Bertz CT molecular complexity index is 843. The van der Waals surface area contributed by atoms with Gasteiger partial charge in [-0.1, -0.05) is 17.7 Å². The predicted molar refractivity (Wildman–Crippen MR) is 64.3 cm³/mol. The van der Waals surface area contributed by atoms with E-state index in [1.165, 1.54) is 6.07 Å². The Morgan fingerprint density at radius 2 is 1.81 bits per heavy atom. The van der Waals surface area contributed by atoms with Crippen molar-refractivity contribution in [3.63, 3.8) is 0 Å². The first kappa shape index (κ1) is 14.0. The van der Waals surface area contributed by atoms with Crippen LogP contribution in [0.2, 0.25) is 5.15 Å². The summed E-state index contributed by atoms with van der Waals surface area (Å²) in [5, 5.41) is -0.509. The number of para-hydroxylation sites is 1. The molecule has 9 heteroatoms. The quantitative estimate of drug-likeness (QED) is 0.468. The Kier molecular flexibility index (Phi) is 3.01. The maximum atomic E-state index is 12.9. The van der Waals surface area contributed by atoms with Gasteiger partial charge in [0.15, 0.2) is 16.6 Å². The van der Waals surface area contributed by atoms with E-state index in [1.807, 2.05) is 0 Å². The van der Waals surface area contributed by atoms with Crippen molar-refractivity contribution in [2.24, 2.45) is 0 Å². The molecule has 0 aliphatic carbocycles. The van der Waals surface area contributed by atoms with Crippen molar-refractivity contribution < 1.29 is 26.4 Å². The van der Waals surface area contributed by atoms with Crippen molar-refractivity contribution in [3.05, 3.63) is 34.7 Å². The van der Waals surface area contributed by atoms with Crippen molar-refractivity contribution in [1.29, 1.82) is 0 Å². The van der Waals surface area contributed by atoms with Crippen molar-refractivity contribution in [3.8, 4) is 0 Å². The summed E-state index contributed by atoms with van der Waals surface area (Å²) < 4.78 is 69.1. The molecule has 0 bridgehead atoms. The molecule has 0 aliphatic heterocycles. The lowest BCUT2D eigenvalue weighted by Gasteiger charge is -2.05. The molecule has 3 aromatic rings. The van der Waals surface area contributed by atoms with Crippen LogP contribution in [0.5, 0.6) is 0 Å². The monoisotopic (exact) mass is 322 g/mol. The highest BCUT2D eigenvalue weighted by atomic mass is 35.5. The Morgan fingerprint density at radius 3 is 2.43 bits per heavy atom. The molecule has 1 aromatic carbocycles. The fourth-order valence-corrected chi connectivity index (χ4v) is 2.18. The molecule has 0 spiro atoms. The standard InChI is InChI=1S/C12H4ClF5N2O/c13-9-8-6(19-11(20-9)10(14)15)4-2-1-3-5(7(4)21-8)12(16,17)18/h1-3,10H. The van der Waals surface area contributed by atoms with E-state index in [1.54, 1.807) is 0 Å². The van der Waals surface area contributed by atoms with Crippen LogP contribution in [-0.2, 0) is 6.18 Å². The van der Waals surface area contributed by atoms with Gasteiger partial charge in [0.25, 0.3) is 6.43 Å². The largest absolute Gasteiger partial charge is 0.450 e. The first-order valence-electron chi connectivity index (χ1n) is 5.53. The Hall–Kier alpha value is -1.96. The molecule has 0 saturated heterocycles. The Morgan fingerprint density at radius 1 is 1.10 bits per heavy atom. The first-order chi connectivity index (χ1) is 9.79. The first-order valence-corrected chi connectivity index (χ1v) is 5.91. The van der Waals surface area contributed by atoms with E-state index in [0.717, 1.165) is 12.1 Å². The third kappa shape index (κ3) is 2.19. The Balaban J connectivity index is 2.43. The predicted octanol–water partition coefficient (Wildman–Crippen LogP) is 4.99. The number of nitrogens with zero attached hydrogens (tertiary/aromatic N) is 2. The number of fused-ring (bicyclic) bond motifs is 3. The van der Waals surface area contributed by atoms with Gasteiger partial charge in [-0.25, -0.2) is 18.7 Å². The molecule has 0 radical (unpaired) electrons. The molecule has 2 heterocycles. The van der Waals surface area contributed by atoms with Gasteiger partial charge in [0.05, 0.1) is 5.56 Å². The van der Waals surface area contributed by atoms with Crippen molar-refractivity contribution >= 4 is 33.7 Å². The summed E-state index contributed by atoms with van der Waals surface area (Å²) in [4.78, 5) is 6.86. The van der Waals surface area contributed by atoms with Gasteiger partial charge in [-0.15, -0.1) is 0 Å². The van der Waals surface area contributed by atoms with E-state index in [4.69, 9.17) is 16.0 Å². The fourth-order valence-electron chi connectivity index (χ4n) is 1.97. The third-order valence-electron chi connectivity index (χ3n) is 2.82. The lowest BCUT2D eigenvalue weighted by atomic mass is 10.1. The summed E-state index contributed by atoms with van der Waals surface area (Å²) in [5.41, 5.74) is -1.98. The van der Waals surface area contributed by atoms with Crippen LogP contribution >= 0.6 is 11.6 Å². The zero-order valence-corrected chi connectivity index (χ0v) is 10.6. The molecule has 0 amide bonds. The van der Waals surface area contributed by atoms with Gasteiger partial charge < -0.3 is 4.42 Å². The second-order valence-electron chi connectivity index (χ2n) is 4.13. The Labute approximate surface area is 118 Å². The number of halogens is 6. The van der Waals surface area contributed by atoms with Crippen LogP contribution in [0.4, 0.5) is 22.0 Å². The average Bonchev–Trinajstić information content (AvgIpc) is 2.76. The van der Waals surface area contributed by atoms with E-state index in [-0.39, 0.29) is 16.5 Å². The molecule has 110 valence electrons. The van der Waals surface area contributed by atoms with E-state index < -0.39 is 34.7 Å². The smallest absolute Gasteiger partial charge is 0.420 e. The molecule has 0 fully saturated rings. The van der Waals surface area contributed by atoms with Crippen LogP contribution in [0.1, 0.15) is 17.8 Å². The second kappa shape index (κ2) is 4.52. The van der Waals surface area contributed by atoms with Gasteiger partial charge in [-0.05, 0) is 12.1 Å². The van der Waals surface area contributed by atoms with Crippen molar-refractivity contribution in [2.75, 3.05) is 0 Å². The van der Waals surface area contributed by atoms with Crippen LogP contribution < -0.4 is 0 Å². The summed E-state index contributed by atoms with van der Waals surface area (Å²) in [6.07, 6.45) is -7.65. The van der Waals surface area contributed by atoms with E-state index in [2.05, 4.69) is 9.97 Å². The van der Waals surface area contributed by atoms with Gasteiger partial charge in [0.2, 0.25) is 0 Å². The van der Waals surface area contributed by atoms with Gasteiger partial charge in [-0.2, -0.15) is 13.2 Å². The summed E-state index contributed by atoms with van der Waals surface area (Å²) in [6, 6.07) is 3.24. The van der Waals surface area contributed by atoms with Crippen LogP contribution in [0.3, 0.4) is 0 Å². The number of alkyl halides is 5. The molecule has 2 aromatic heterocycles. The SMILES string of the molecule is FC(F)c1nc(Cl)c2oc3c(C(F)(F)F)cccc3c2n1. The average molecular weight is 323 g/mol. The van der Waals surface area contributed by atoms with E-state index in [9.17, 15) is 22.0 Å². The highest BCUT2D eigenvalue weighted by Crippen LogP contribution is 2.40. The van der Waals surface area contributed by atoms with Gasteiger partial charge >= 0.3 is 6.18 Å². The molecule has 0 saturated carbocycles. The van der Waals surface area contributed by atoms with Crippen LogP contribution in [0.15, 0.2) is 22.6 Å². The normalized spacial score (nSPS) is 12.7. The molecule has 21 heavy (non-hydrogen) atoms. The van der Waals surface area contributed by atoms with Crippen molar-refractivity contribution in [2.45, 2.75) is 12.6 Å². The highest BCUT2D eigenvalue weighted by molar-refractivity contribution is 6.34. The molecular weight excluding hydrogens is 319 g/mol. The molecular formula is C12H4ClF5N2O. The van der Waals surface area contributed by atoms with E-state index in [0.29, 0.717) is 0 Å². The minimum Gasteiger partial charge on any atom is -0.450 e. The molecule has 0 unspecified atom stereocenters. The maximum Gasteiger partial charge on any atom is 0.420 e. The van der Waals surface area contributed by atoms with Crippen LogP contribution in [0, 0.1) is 0 Å².